The summed E-state index contributed by atoms with van der Waals surface area (Å²) in [6.45, 7) is 6.90. The van der Waals surface area contributed by atoms with E-state index in [1.54, 1.807) is 12.3 Å². The molecule has 140 valence electrons. The van der Waals surface area contributed by atoms with Gasteiger partial charge in [-0.15, -0.1) is 10.2 Å². The Morgan fingerprint density at radius 3 is 2.78 bits per heavy atom. The summed E-state index contributed by atoms with van der Waals surface area (Å²) in [5, 5.41) is 30.5. The normalized spacial score (nSPS) is 27.0. The Morgan fingerprint density at radius 2 is 2.04 bits per heavy atom. The van der Waals surface area contributed by atoms with Gasteiger partial charge in [-0.25, -0.2) is 0 Å². The minimum Gasteiger partial charge on any atom is -0.506 e. The van der Waals surface area contributed by atoms with Crippen molar-refractivity contribution >= 4 is 16.8 Å². The van der Waals surface area contributed by atoms with Gasteiger partial charge in [0.05, 0.1) is 22.9 Å². The molecular formula is C21H23N3O3. The lowest BCUT2D eigenvalue weighted by atomic mass is 9.76. The van der Waals surface area contributed by atoms with Crippen LogP contribution in [-0.2, 0) is 0 Å². The van der Waals surface area contributed by atoms with E-state index in [9.17, 15) is 10.2 Å². The van der Waals surface area contributed by atoms with Gasteiger partial charge in [-0.2, -0.15) is 0 Å². The average Bonchev–Trinajstić information content (AvgIpc) is 3.17. The van der Waals surface area contributed by atoms with Crippen LogP contribution in [0.4, 0.5) is 5.82 Å². The molecule has 1 saturated carbocycles. The quantitative estimate of drug-likeness (QED) is 0.720. The van der Waals surface area contributed by atoms with Gasteiger partial charge in [0.15, 0.2) is 5.82 Å². The van der Waals surface area contributed by atoms with Gasteiger partial charge >= 0.3 is 0 Å². The maximum absolute atomic E-state index is 10.8. The van der Waals surface area contributed by atoms with Crippen molar-refractivity contribution in [3.05, 3.63) is 35.6 Å². The van der Waals surface area contributed by atoms with E-state index in [2.05, 4.69) is 28.1 Å². The van der Waals surface area contributed by atoms with E-state index >= 15 is 0 Å². The SMILES string of the molecule is Cc1cc2occc2c(O)c1-c1cc2c(nn1)N(C1CC(C)(O)C1)CC2C. The molecule has 6 nitrogen and oxygen atoms in total. The third-order valence-corrected chi connectivity index (χ3v) is 6.05. The third-order valence-electron chi connectivity index (χ3n) is 6.05. The van der Waals surface area contributed by atoms with Gasteiger partial charge in [0, 0.05) is 29.6 Å². The topological polar surface area (TPSA) is 82.6 Å². The molecule has 2 N–H and O–H groups in total. The second-order valence-corrected chi connectivity index (χ2v) is 8.37. The van der Waals surface area contributed by atoms with Gasteiger partial charge < -0.3 is 19.5 Å². The maximum atomic E-state index is 10.8. The maximum Gasteiger partial charge on any atom is 0.155 e. The Labute approximate surface area is 157 Å². The van der Waals surface area contributed by atoms with Crippen LogP contribution in [0.1, 0.15) is 43.7 Å². The molecule has 27 heavy (non-hydrogen) atoms. The summed E-state index contributed by atoms with van der Waals surface area (Å²) in [7, 11) is 0. The number of aromatic hydroxyl groups is 1. The molecule has 2 aliphatic rings. The second-order valence-electron chi connectivity index (χ2n) is 8.37. The van der Waals surface area contributed by atoms with Crippen molar-refractivity contribution in [2.45, 2.75) is 51.2 Å². The van der Waals surface area contributed by atoms with Crippen molar-refractivity contribution in [2.75, 3.05) is 11.4 Å². The number of phenols is 1. The lowest BCUT2D eigenvalue weighted by Crippen LogP contribution is -2.53. The third kappa shape index (κ3) is 2.43. The number of nitrogens with zero attached hydrogens (tertiary/aromatic N) is 3. The molecule has 1 aromatic carbocycles. The molecule has 0 spiro atoms. The molecule has 1 aliphatic carbocycles. The number of aromatic nitrogens is 2. The highest BCUT2D eigenvalue weighted by Gasteiger charge is 2.45. The smallest absolute Gasteiger partial charge is 0.155 e. The highest BCUT2D eigenvalue weighted by atomic mass is 16.3. The highest BCUT2D eigenvalue weighted by molar-refractivity contribution is 5.93. The van der Waals surface area contributed by atoms with Crippen LogP contribution < -0.4 is 4.90 Å². The zero-order chi connectivity index (χ0) is 18.9. The summed E-state index contributed by atoms with van der Waals surface area (Å²) in [4.78, 5) is 2.28. The summed E-state index contributed by atoms with van der Waals surface area (Å²) in [5.74, 6) is 1.43. The largest absolute Gasteiger partial charge is 0.506 e. The standard InChI is InChI=1S/C21H23N3O3/c1-11-6-17-14(4-5-27-17)19(25)18(11)16-7-15-12(2)10-24(20(15)23-22-16)13-8-21(3,26)9-13/h4-7,12-13,25-26H,8-10H2,1-3H3. The van der Waals surface area contributed by atoms with Crippen LogP contribution >= 0.6 is 0 Å². The summed E-state index contributed by atoms with van der Waals surface area (Å²) in [6, 6.07) is 6.06. The molecule has 2 aromatic heterocycles. The Kier molecular flexibility index (Phi) is 3.35. The molecule has 0 radical (unpaired) electrons. The first-order chi connectivity index (χ1) is 12.8. The van der Waals surface area contributed by atoms with Crippen LogP contribution in [0.5, 0.6) is 5.75 Å². The van der Waals surface area contributed by atoms with Crippen molar-refractivity contribution in [3.63, 3.8) is 0 Å². The molecule has 1 fully saturated rings. The predicted octanol–water partition coefficient (Wildman–Crippen LogP) is 3.74. The fraction of sp³-hybridized carbons (Fsp3) is 0.429. The van der Waals surface area contributed by atoms with E-state index in [1.807, 2.05) is 19.9 Å². The number of benzene rings is 1. The second kappa shape index (κ2) is 5.45. The van der Waals surface area contributed by atoms with E-state index < -0.39 is 5.60 Å². The van der Waals surface area contributed by atoms with Crippen LogP contribution in [0.15, 0.2) is 28.9 Å². The Bertz CT molecular complexity index is 1050. The van der Waals surface area contributed by atoms with Crippen molar-refractivity contribution in [2.24, 2.45) is 0 Å². The number of phenolic OH excluding ortho intramolecular Hbond substituents is 1. The van der Waals surface area contributed by atoms with Crippen molar-refractivity contribution in [1.29, 1.82) is 0 Å². The average molecular weight is 365 g/mol. The van der Waals surface area contributed by atoms with Crippen LogP contribution in [0.25, 0.3) is 22.2 Å². The molecular weight excluding hydrogens is 342 g/mol. The van der Waals surface area contributed by atoms with E-state index in [0.717, 1.165) is 36.3 Å². The molecule has 6 heteroatoms. The molecule has 3 heterocycles. The first kappa shape index (κ1) is 16.6. The van der Waals surface area contributed by atoms with Gasteiger partial charge in [0.25, 0.3) is 0 Å². The molecule has 0 saturated heterocycles. The number of aliphatic hydroxyl groups is 1. The summed E-state index contributed by atoms with van der Waals surface area (Å²) < 4.78 is 5.41. The molecule has 1 atom stereocenters. The van der Waals surface area contributed by atoms with Crippen LogP contribution in [-0.4, -0.2) is 38.6 Å². The van der Waals surface area contributed by atoms with Gasteiger partial charge in [-0.05, 0) is 50.5 Å². The van der Waals surface area contributed by atoms with Gasteiger partial charge in [0.2, 0.25) is 0 Å². The predicted molar refractivity (Wildman–Crippen MR) is 103 cm³/mol. The summed E-state index contributed by atoms with van der Waals surface area (Å²) in [6.07, 6.45) is 3.11. The number of hydrogen-bond donors (Lipinski definition) is 2. The Hall–Kier alpha value is -2.60. The number of furan rings is 1. The lowest BCUT2D eigenvalue weighted by Gasteiger charge is -2.46. The molecule has 3 aromatic rings. The summed E-state index contributed by atoms with van der Waals surface area (Å²) in [5.41, 5.74) is 3.55. The first-order valence-electron chi connectivity index (χ1n) is 9.41. The number of anilines is 1. The fourth-order valence-electron chi connectivity index (χ4n) is 4.63. The number of rotatable bonds is 2. The monoisotopic (exact) mass is 365 g/mol. The molecule has 1 aliphatic heterocycles. The first-order valence-corrected chi connectivity index (χ1v) is 9.41. The zero-order valence-electron chi connectivity index (χ0n) is 15.7. The van der Waals surface area contributed by atoms with Crippen LogP contribution in [0.2, 0.25) is 0 Å². The molecule has 0 amide bonds. The number of fused-ring (bicyclic) bond motifs is 2. The lowest BCUT2D eigenvalue weighted by molar-refractivity contribution is -0.0308. The van der Waals surface area contributed by atoms with Crippen molar-refractivity contribution in [3.8, 4) is 17.0 Å². The van der Waals surface area contributed by atoms with Crippen molar-refractivity contribution < 1.29 is 14.6 Å². The van der Waals surface area contributed by atoms with Crippen LogP contribution in [0.3, 0.4) is 0 Å². The Balaban J connectivity index is 1.57. The van der Waals surface area contributed by atoms with Crippen molar-refractivity contribution in [1.82, 2.24) is 10.2 Å². The van der Waals surface area contributed by atoms with Gasteiger partial charge in [0.1, 0.15) is 11.3 Å². The van der Waals surface area contributed by atoms with E-state index in [-0.39, 0.29) is 5.75 Å². The number of aryl methyl sites for hydroxylation is 1. The molecule has 1 unspecified atom stereocenters. The van der Waals surface area contributed by atoms with E-state index in [1.165, 1.54) is 0 Å². The highest BCUT2D eigenvalue weighted by Crippen LogP contribution is 2.45. The van der Waals surface area contributed by atoms with Gasteiger partial charge in [-0.3, -0.25) is 0 Å². The molecule has 0 bridgehead atoms. The molecule has 5 rings (SSSR count). The van der Waals surface area contributed by atoms with Crippen LogP contribution in [0, 0.1) is 6.92 Å². The van der Waals surface area contributed by atoms with E-state index in [4.69, 9.17) is 4.42 Å². The minimum absolute atomic E-state index is 0.186. The summed E-state index contributed by atoms with van der Waals surface area (Å²) >= 11 is 0. The van der Waals surface area contributed by atoms with E-state index in [0.29, 0.717) is 34.2 Å². The minimum atomic E-state index is -0.563. The Morgan fingerprint density at radius 1 is 1.26 bits per heavy atom. The number of hydrogen-bond acceptors (Lipinski definition) is 6. The fourth-order valence-corrected chi connectivity index (χ4v) is 4.63. The zero-order valence-corrected chi connectivity index (χ0v) is 15.7. The van der Waals surface area contributed by atoms with Gasteiger partial charge in [-0.1, -0.05) is 6.92 Å².